The van der Waals surface area contributed by atoms with Crippen molar-refractivity contribution in [1.82, 2.24) is 0 Å². The van der Waals surface area contributed by atoms with Crippen molar-refractivity contribution in [2.75, 3.05) is 28.4 Å². The monoisotopic (exact) mass is 445 g/mol. The Bertz CT molecular complexity index is 961. The summed E-state index contributed by atoms with van der Waals surface area (Å²) in [5, 5.41) is 8.74. The zero-order valence-electron chi connectivity index (χ0n) is 18.4. The largest absolute Gasteiger partial charge is 0.493 e. The standard InChI is InChI=1S/C23H27NO8/c1-28-17-9-7-14(11-18(17)32-23(27)16(24)8-10-21(25)26)5-6-15-12-19(29-2)22(31-4)20(13-15)30-3/h5-7,9,11-13,16H,8,10,24H2,1-4H3,(H,25,26)/b6-5-/t16-/m1/s1. The zero-order chi connectivity index (χ0) is 23.7. The van der Waals surface area contributed by atoms with Crippen LogP contribution in [-0.2, 0) is 9.59 Å². The highest BCUT2D eigenvalue weighted by Gasteiger charge is 2.19. The fraction of sp³-hybridized carbons (Fsp3) is 0.304. The molecule has 0 aliphatic carbocycles. The molecule has 0 aliphatic rings. The number of hydrogen-bond donors (Lipinski definition) is 2. The number of carboxylic acids is 1. The highest BCUT2D eigenvalue weighted by atomic mass is 16.6. The van der Waals surface area contributed by atoms with Gasteiger partial charge in [0.25, 0.3) is 0 Å². The fourth-order valence-electron chi connectivity index (χ4n) is 2.85. The Labute approximate surface area is 186 Å². The van der Waals surface area contributed by atoms with Crippen molar-refractivity contribution in [3.63, 3.8) is 0 Å². The second-order valence-electron chi connectivity index (χ2n) is 6.66. The van der Waals surface area contributed by atoms with Gasteiger partial charge < -0.3 is 34.5 Å². The summed E-state index contributed by atoms with van der Waals surface area (Å²) >= 11 is 0. The number of methoxy groups -OCH3 is 4. The first-order valence-corrected chi connectivity index (χ1v) is 9.68. The molecule has 2 aromatic carbocycles. The predicted octanol–water partition coefficient (Wildman–Crippen LogP) is 2.99. The van der Waals surface area contributed by atoms with E-state index >= 15 is 0 Å². The molecule has 2 rings (SSSR count). The lowest BCUT2D eigenvalue weighted by Gasteiger charge is -2.13. The molecule has 0 spiro atoms. The number of carbonyl (C=O) groups is 2. The van der Waals surface area contributed by atoms with E-state index in [1.807, 2.05) is 12.2 Å². The number of nitrogens with two attached hydrogens (primary N) is 1. The molecule has 0 unspecified atom stereocenters. The molecule has 0 heterocycles. The van der Waals surface area contributed by atoms with Crippen molar-refractivity contribution in [2.24, 2.45) is 5.73 Å². The summed E-state index contributed by atoms with van der Waals surface area (Å²) in [4.78, 5) is 22.9. The van der Waals surface area contributed by atoms with Crippen LogP contribution in [0, 0.1) is 0 Å². The molecule has 9 nitrogen and oxygen atoms in total. The van der Waals surface area contributed by atoms with Crippen molar-refractivity contribution >= 4 is 24.1 Å². The molecule has 1 atom stereocenters. The van der Waals surface area contributed by atoms with Crippen molar-refractivity contribution < 1.29 is 38.4 Å². The first-order chi connectivity index (χ1) is 15.3. The van der Waals surface area contributed by atoms with E-state index in [2.05, 4.69) is 0 Å². The normalized spacial score (nSPS) is 11.7. The molecule has 0 aromatic heterocycles. The van der Waals surface area contributed by atoms with E-state index in [0.29, 0.717) is 23.0 Å². The molecule has 3 N–H and O–H groups in total. The maximum Gasteiger partial charge on any atom is 0.328 e. The van der Waals surface area contributed by atoms with Crippen LogP contribution in [0.5, 0.6) is 28.7 Å². The van der Waals surface area contributed by atoms with E-state index in [-0.39, 0.29) is 18.6 Å². The van der Waals surface area contributed by atoms with Gasteiger partial charge in [0.1, 0.15) is 6.04 Å². The van der Waals surface area contributed by atoms with Crippen molar-refractivity contribution in [1.29, 1.82) is 0 Å². The minimum atomic E-state index is -1.06. The van der Waals surface area contributed by atoms with E-state index in [0.717, 1.165) is 11.1 Å². The van der Waals surface area contributed by atoms with Gasteiger partial charge in [-0.3, -0.25) is 4.79 Å². The topological polar surface area (TPSA) is 127 Å². The van der Waals surface area contributed by atoms with Crippen LogP contribution in [0.2, 0.25) is 0 Å². The highest BCUT2D eigenvalue weighted by Crippen LogP contribution is 2.38. The van der Waals surface area contributed by atoms with Gasteiger partial charge in [-0.2, -0.15) is 0 Å². The molecule has 0 radical (unpaired) electrons. The molecule has 0 bridgehead atoms. The van der Waals surface area contributed by atoms with Crippen LogP contribution in [0.3, 0.4) is 0 Å². The molecule has 0 amide bonds. The molecule has 0 aliphatic heterocycles. The van der Waals surface area contributed by atoms with Gasteiger partial charge in [-0.15, -0.1) is 0 Å². The smallest absolute Gasteiger partial charge is 0.328 e. The molecule has 0 fully saturated rings. The maximum absolute atomic E-state index is 12.2. The Kier molecular flexibility index (Phi) is 8.91. The van der Waals surface area contributed by atoms with Crippen molar-refractivity contribution in [3.05, 3.63) is 41.5 Å². The van der Waals surface area contributed by atoms with Gasteiger partial charge in [0.15, 0.2) is 23.0 Å². The quantitative estimate of drug-likeness (QED) is 0.305. The summed E-state index contributed by atoms with van der Waals surface area (Å²) in [6, 6.07) is 7.59. The number of aliphatic carboxylic acids is 1. The first kappa shape index (κ1) is 24.5. The van der Waals surface area contributed by atoms with Gasteiger partial charge >= 0.3 is 11.9 Å². The minimum absolute atomic E-state index is 0.0305. The third-order valence-electron chi connectivity index (χ3n) is 4.53. The number of esters is 1. The second kappa shape index (κ2) is 11.6. The van der Waals surface area contributed by atoms with E-state index in [4.69, 9.17) is 34.5 Å². The first-order valence-electron chi connectivity index (χ1n) is 9.68. The molecular weight excluding hydrogens is 418 g/mol. The van der Waals surface area contributed by atoms with Gasteiger partial charge in [0.2, 0.25) is 5.75 Å². The van der Waals surface area contributed by atoms with Crippen molar-refractivity contribution in [3.8, 4) is 28.7 Å². The van der Waals surface area contributed by atoms with E-state index in [9.17, 15) is 9.59 Å². The van der Waals surface area contributed by atoms with Crippen LogP contribution < -0.4 is 29.4 Å². The summed E-state index contributed by atoms with van der Waals surface area (Å²) < 4.78 is 26.6. The Hall–Kier alpha value is -3.72. The van der Waals surface area contributed by atoms with Gasteiger partial charge in [0, 0.05) is 6.42 Å². The third-order valence-corrected chi connectivity index (χ3v) is 4.53. The van der Waals surface area contributed by atoms with Crippen LogP contribution in [0.25, 0.3) is 12.2 Å². The molecule has 172 valence electrons. The number of ether oxygens (including phenoxy) is 5. The average molecular weight is 445 g/mol. The van der Waals surface area contributed by atoms with Crippen LogP contribution >= 0.6 is 0 Å². The molecule has 0 saturated carbocycles. The SMILES string of the molecule is COc1ccc(/C=C\c2cc(OC)c(OC)c(OC)c2)cc1OC(=O)[C@H](N)CCC(=O)O. The third kappa shape index (κ3) is 6.39. The van der Waals surface area contributed by atoms with Gasteiger partial charge in [-0.05, 0) is 41.8 Å². The summed E-state index contributed by atoms with van der Waals surface area (Å²) in [6.07, 6.45) is 3.38. The van der Waals surface area contributed by atoms with E-state index in [1.54, 1.807) is 30.3 Å². The van der Waals surface area contributed by atoms with E-state index in [1.165, 1.54) is 28.4 Å². The zero-order valence-corrected chi connectivity index (χ0v) is 18.4. The number of carboxylic acid groups (broad SMARTS) is 1. The van der Waals surface area contributed by atoms with Crippen LogP contribution in [0.15, 0.2) is 30.3 Å². The minimum Gasteiger partial charge on any atom is -0.493 e. The molecule has 32 heavy (non-hydrogen) atoms. The maximum atomic E-state index is 12.2. The number of benzene rings is 2. The summed E-state index contributed by atoms with van der Waals surface area (Å²) in [5.74, 6) is 0.270. The predicted molar refractivity (Wildman–Crippen MR) is 119 cm³/mol. The number of carbonyl (C=O) groups excluding carboxylic acids is 1. The average Bonchev–Trinajstić information content (AvgIpc) is 2.80. The van der Waals surface area contributed by atoms with Crippen molar-refractivity contribution in [2.45, 2.75) is 18.9 Å². The van der Waals surface area contributed by atoms with Gasteiger partial charge in [-0.1, -0.05) is 18.2 Å². The molecular formula is C23H27NO8. The number of rotatable bonds is 11. The Balaban J connectivity index is 2.26. The van der Waals surface area contributed by atoms with Crippen LogP contribution in [0.1, 0.15) is 24.0 Å². The molecule has 9 heteroatoms. The van der Waals surface area contributed by atoms with Gasteiger partial charge in [0.05, 0.1) is 28.4 Å². The molecule has 0 saturated heterocycles. The lowest BCUT2D eigenvalue weighted by molar-refractivity contribution is -0.138. The van der Waals surface area contributed by atoms with Crippen LogP contribution in [-0.4, -0.2) is 51.5 Å². The molecule has 2 aromatic rings. The number of hydrogen-bond acceptors (Lipinski definition) is 8. The summed E-state index contributed by atoms with van der Waals surface area (Å²) in [5.41, 5.74) is 7.25. The van der Waals surface area contributed by atoms with Gasteiger partial charge in [-0.25, -0.2) is 4.79 Å². The Morgan fingerprint density at radius 3 is 1.97 bits per heavy atom. The van der Waals surface area contributed by atoms with Crippen LogP contribution in [0.4, 0.5) is 0 Å². The lowest BCUT2D eigenvalue weighted by Crippen LogP contribution is -2.34. The summed E-state index contributed by atoms with van der Waals surface area (Å²) in [6.45, 7) is 0. The summed E-state index contributed by atoms with van der Waals surface area (Å²) in [7, 11) is 6.05. The Morgan fingerprint density at radius 2 is 1.44 bits per heavy atom. The second-order valence-corrected chi connectivity index (χ2v) is 6.66. The van der Waals surface area contributed by atoms with E-state index < -0.39 is 18.0 Å². The lowest BCUT2D eigenvalue weighted by atomic mass is 10.1. The highest BCUT2D eigenvalue weighted by molar-refractivity contribution is 5.80. The fourth-order valence-corrected chi connectivity index (χ4v) is 2.85. The Morgan fingerprint density at radius 1 is 0.875 bits per heavy atom.